The van der Waals surface area contributed by atoms with E-state index in [-0.39, 0.29) is 23.1 Å². The summed E-state index contributed by atoms with van der Waals surface area (Å²) in [7, 11) is 0. The van der Waals surface area contributed by atoms with Crippen LogP contribution in [-0.2, 0) is 4.79 Å². The molecule has 7 nitrogen and oxygen atoms in total. The maximum atomic E-state index is 13.1. The monoisotopic (exact) mass is 433 g/mol. The minimum atomic E-state index is -0.748. The molecule has 0 bridgehead atoms. The Hall–Kier alpha value is -3.87. The Morgan fingerprint density at radius 3 is 2.28 bits per heavy atom. The van der Waals surface area contributed by atoms with Crippen LogP contribution in [0.2, 0.25) is 0 Å². The number of aryl methyl sites for hydroxylation is 1. The molecule has 3 amide bonds. The van der Waals surface area contributed by atoms with Gasteiger partial charge in [0.05, 0.1) is 17.5 Å². The normalized spacial score (nSPS) is 12.5. The van der Waals surface area contributed by atoms with E-state index < -0.39 is 17.9 Å². The van der Waals surface area contributed by atoms with Crippen LogP contribution < -0.4 is 16.0 Å². The van der Waals surface area contributed by atoms with Gasteiger partial charge in [0.15, 0.2) is 5.76 Å². The third kappa shape index (κ3) is 5.63. The fraction of sp³-hybridized carbons (Fsp3) is 0.240. The smallest absolute Gasteiger partial charge is 0.291 e. The molecule has 0 aliphatic carbocycles. The fourth-order valence-electron chi connectivity index (χ4n) is 3.16. The molecule has 0 fully saturated rings. The Labute approximate surface area is 187 Å². The standard InChI is InChI=1S/C25H27N3O4/c1-4-17(3)22(25(31)26-18-13-11-16(2)12-14-18)28-23(29)19-8-5-6-9-20(19)27-24(30)21-10-7-15-32-21/h5-15,17,22H,4H2,1-3H3,(H,26,31)(H,27,30)(H,28,29)/t17-,22-/m1/s1. The van der Waals surface area contributed by atoms with Crippen molar-refractivity contribution in [3.8, 4) is 0 Å². The van der Waals surface area contributed by atoms with Crippen molar-refractivity contribution < 1.29 is 18.8 Å². The van der Waals surface area contributed by atoms with Crippen molar-refractivity contribution in [1.29, 1.82) is 0 Å². The number of hydrogen-bond donors (Lipinski definition) is 3. The third-order valence-corrected chi connectivity index (χ3v) is 5.27. The first-order chi connectivity index (χ1) is 15.4. The van der Waals surface area contributed by atoms with E-state index >= 15 is 0 Å². The molecule has 32 heavy (non-hydrogen) atoms. The second-order valence-corrected chi connectivity index (χ2v) is 7.67. The van der Waals surface area contributed by atoms with Gasteiger partial charge in [-0.15, -0.1) is 0 Å². The minimum absolute atomic E-state index is 0.103. The van der Waals surface area contributed by atoms with E-state index in [1.54, 1.807) is 30.3 Å². The molecule has 1 aromatic heterocycles. The van der Waals surface area contributed by atoms with Crippen molar-refractivity contribution in [2.75, 3.05) is 10.6 Å². The maximum absolute atomic E-state index is 13.1. The molecule has 166 valence electrons. The van der Waals surface area contributed by atoms with Crippen LogP contribution in [0.1, 0.15) is 46.7 Å². The van der Waals surface area contributed by atoms with Crippen LogP contribution in [0.4, 0.5) is 11.4 Å². The highest BCUT2D eigenvalue weighted by Crippen LogP contribution is 2.19. The molecule has 0 spiro atoms. The number of nitrogens with one attached hydrogen (secondary N) is 3. The van der Waals surface area contributed by atoms with Crippen LogP contribution in [0.3, 0.4) is 0 Å². The molecule has 0 saturated heterocycles. The minimum Gasteiger partial charge on any atom is -0.459 e. The lowest BCUT2D eigenvalue weighted by molar-refractivity contribution is -0.119. The van der Waals surface area contributed by atoms with Gasteiger partial charge in [0.2, 0.25) is 5.91 Å². The lowest BCUT2D eigenvalue weighted by Gasteiger charge is -2.24. The predicted octanol–water partition coefficient (Wildman–Crippen LogP) is 4.62. The number of carbonyl (C=O) groups is 3. The van der Waals surface area contributed by atoms with Crippen molar-refractivity contribution in [2.24, 2.45) is 5.92 Å². The Morgan fingerprint density at radius 2 is 1.62 bits per heavy atom. The summed E-state index contributed by atoms with van der Waals surface area (Å²) in [5.74, 6) is -1.19. The van der Waals surface area contributed by atoms with Crippen LogP contribution in [0, 0.1) is 12.8 Å². The van der Waals surface area contributed by atoms with Crippen molar-refractivity contribution in [1.82, 2.24) is 5.32 Å². The van der Waals surface area contributed by atoms with Crippen molar-refractivity contribution in [3.05, 3.63) is 83.8 Å². The van der Waals surface area contributed by atoms with E-state index in [4.69, 9.17) is 4.42 Å². The van der Waals surface area contributed by atoms with Crippen LogP contribution >= 0.6 is 0 Å². The summed E-state index contributed by atoms with van der Waals surface area (Å²) in [6, 6.07) is 16.5. The summed E-state index contributed by atoms with van der Waals surface area (Å²) < 4.78 is 5.11. The molecule has 7 heteroatoms. The summed E-state index contributed by atoms with van der Waals surface area (Å²) in [5, 5.41) is 8.40. The van der Waals surface area contributed by atoms with Gasteiger partial charge in [0.1, 0.15) is 6.04 Å². The Bertz CT molecular complexity index is 1070. The summed E-state index contributed by atoms with van der Waals surface area (Å²) in [4.78, 5) is 38.4. The summed E-state index contributed by atoms with van der Waals surface area (Å²) in [6.07, 6.45) is 2.10. The lowest BCUT2D eigenvalue weighted by Crippen LogP contribution is -2.47. The molecule has 3 N–H and O–H groups in total. The van der Waals surface area contributed by atoms with Crippen LogP contribution in [0.15, 0.2) is 71.3 Å². The highest BCUT2D eigenvalue weighted by Gasteiger charge is 2.27. The molecule has 2 atom stereocenters. The fourth-order valence-corrected chi connectivity index (χ4v) is 3.16. The molecule has 0 aliphatic rings. The molecule has 0 unspecified atom stereocenters. The van der Waals surface area contributed by atoms with Gasteiger partial charge in [-0.25, -0.2) is 0 Å². The van der Waals surface area contributed by atoms with E-state index in [0.29, 0.717) is 17.8 Å². The second kappa shape index (κ2) is 10.4. The highest BCUT2D eigenvalue weighted by atomic mass is 16.3. The maximum Gasteiger partial charge on any atom is 0.291 e. The van der Waals surface area contributed by atoms with Crippen LogP contribution in [0.5, 0.6) is 0 Å². The van der Waals surface area contributed by atoms with Gasteiger partial charge in [-0.1, -0.05) is 50.1 Å². The average Bonchev–Trinajstić information content (AvgIpc) is 3.34. The number of benzene rings is 2. The quantitative estimate of drug-likeness (QED) is 0.482. The first-order valence-corrected chi connectivity index (χ1v) is 10.5. The second-order valence-electron chi connectivity index (χ2n) is 7.67. The van der Waals surface area contributed by atoms with Gasteiger partial charge in [0.25, 0.3) is 11.8 Å². The molecule has 3 rings (SSSR count). The van der Waals surface area contributed by atoms with Crippen LogP contribution in [0.25, 0.3) is 0 Å². The van der Waals surface area contributed by atoms with Crippen molar-refractivity contribution in [2.45, 2.75) is 33.2 Å². The molecule has 1 heterocycles. The highest BCUT2D eigenvalue weighted by molar-refractivity contribution is 6.09. The van der Waals surface area contributed by atoms with Crippen LogP contribution in [-0.4, -0.2) is 23.8 Å². The first kappa shape index (κ1) is 22.8. The van der Waals surface area contributed by atoms with Gasteiger partial charge in [-0.05, 0) is 49.2 Å². The average molecular weight is 434 g/mol. The molecular formula is C25H27N3O4. The third-order valence-electron chi connectivity index (χ3n) is 5.27. The van der Waals surface area contributed by atoms with Gasteiger partial charge in [-0.2, -0.15) is 0 Å². The molecule has 3 aromatic rings. The predicted molar refractivity (Wildman–Crippen MR) is 124 cm³/mol. The van der Waals surface area contributed by atoms with Gasteiger partial charge in [0, 0.05) is 5.69 Å². The largest absolute Gasteiger partial charge is 0.459 e. The molecule has 0 aliphatic heterocycles. The number of carbonyl (C=O) groups excluding carboxylic acids is 3. The van der Waals surface area contributed by atoms with Gasteiger partial charge < -0.3 is 20.4 Å². The van der Waals surface area contributed by atoms with E-state index in [1.807, 2.05) is 45.0 Å². The Kier molecular flexibility index (Phi) is 7.44. The number of hydrogen-bond acceptors (Lipinski definition) is 4. The first-order valence-electron chi connectivity index (χ1n) is 10.5. The zero-order valence-corrected chi connectivity index (χ0v) is 18.3. The molecule has 0 saturated carbocycles. The number of para-hydroxylation sites is 1. The number of rotatable bonds is 8. The Balaban J connectivity index is 1.77. The van der Waals surface area contributed by atoms with Crippen molar-refractivity contribution >= 4 is 29.1 Å². The number of furan rings is 1. The molecule has 2 aromatic carbocycles. The SMILES string of the molecule is CC[C@@H](C)[C@@H](NC(=O)c1ccccc1NC(=O)c1ccco1)C(=O)Nc1ccc(C)cc1. The summed E-state index contributed by atoms with van der Waals surface area (Å²) in [6.45, 7) is 5.83. The zero-order chi connectivity index (χ0) is 23.1. The van der Waals surface area contributed by atoms with E-state index in [9.17, 15) is 14.4 Å². The lowest BCUT2D eigenvalue weighted by atomic mass is 9.97. The summed E-state index contributed by atoms with van der Waals surface area (Å²) >= 11 is 0. The number of amides is 3. The topological polar surface area (TPSA) is 100 Å². The van der Waals surface area contributed by atoms with Gasteiger partial charge >= 0.3 is 0 Å². The van der Waals surface area contributed by atoms with Gasteiger partial charge in [-0.3, -0.25) is 14.4 Å². The number of anilines is 2. The van der Waals surface area contributed by atoms with E-state index in [0.717, 1.165) is 5.56 Å². The van der Waals surface area contributed by atoms with E-state index in [2.05, 4.69) is 16.0 Å². The van der Waals surface area contributed by atoms with E-state index in [1.165, 1.54) is 12.3 Å². The molecular weight excluding hydrogens is 406 g/mol. The Morgan fingerprint density at radius 1 is 0.906 bits per heavy atom. The molecule has 0 radical (unpaired) electrons. The summed E-state index contributed by atoms with van der Waals surface area (Å²) in [5.41, 5.74) is 2.33. The van der Waals surface area contributed by atoms with Crippen molar-refractivity contribution in [3.63, 3.8) is 0 Å². The zero-order valence-electron chi connectivity index (χ0n) is 18.3.